The van der Waals surface area contributed by atoms with Crippen molar-refractivity contribution in [3.05, 3.63) is 12.7 Å². The molecule has 1 aliphatic rings. The van der Waals surface area contributed by atoms with Gasteiger partial charge in [0.15, 0.2) is 14.1 Å². The zero-order valence-electron chi connectivity index (χ0n) is 19.7. The first-order valence-electron chi connectivity index (χ1n) is 10.6. The normalized spacial score (nSPS) is 24.9. The van der Waals surface area contributed by atoms with Gasteiger partial charge in [0, 0.05) is 13.2 Å². The highest BCUT2D eigenvalue weighted by atomic mass is 28.4. The molecule has 0 aromatic rings. The minimum absolute atomic E-state index is 0.00289. The fourth-order valence-corrected chi connectivity index (χ4v) is 4.84. The summed E-state index contributed by atoms with van der Waals surface area (Å²) in [6, 6.07) is 0. The first-order valence-corrected chi connectivity index (χ1v) is 13.5. The van der Waals surface area contributed by atoms with Crippen molar-refractivity contribution in [2.75, 3.05) is 13.9 Å². The fourth-order valence-electron chi connectivity index (χ4n) is 3.36. The number of hydrogen-bond acceptors (Lipinski definition) is 5. The van der Waals surface area contributed by atoms with E-state index in [9.17, 15) is 0 Å². The average Bonchev–Trinajstić information content (AvgIpc) is 2.84. The van der Waals surface area contributed by atoms with Crippen molar-refractivity contribution in [2.45, 2.75) is 116 Å². The zero-order chi connectivity index (χ0) is 21.6. The van der Waals surface area contributed by atoms with Crippen molar-refractivity contribution in [3.63, 3.8) is 0 Å². The molecule has 5 nitrogen and oxygen atoms in total. The molecule has 0 aromatic carbocycles. The van der Waals surface area contributed by atoms with Gasteiger partial charge in [-0.25, -0.2) is 0 Å². The number of rotatable bonds is 12. The molecule has 1 fully saturated rings. The lowest BCUT2D eigenvalue weighted by Crippen LogP contribution is -2.43. The van der Waals surface area contributed by atoms with Gasteiger partial charge in [-0.3, -0.25) is 0 Å². The third-order valence-electron chi connectivity index (χ3n) is 5.79. The second kappa shape index (κ2) is 10.7. The van der Waals surface area contributed by atoms with Crippen molar-refractivity contribution in [1.82, 2.24) is 0 Å². The number of methoxy groups -OCH3 is 1. The molecule has 28 heavy (non-hydrogen) atoms. The van der Waals surface area contributed by atoms with E-state index in [1.54, 1.807) is 7.11 Å². The maximum Gasteiger partial charge on any atom is 0.192 e. The Kier molecular flexibility index (Phi) is 9.84. The Morgan fingerprint density at radius 2 is 1.86 bits per heavy atom. The van der Waals surface area contributed by atoms with Crippen LogP contribution in [0.25, 0.3) is 0 Å². The highest BCUT2D eigenvalue weighted by Crippen LogP contribution is 2.38. The molecule has 0 unspecified atom stereocenters. The Balaban J connectivity index is 2.63. The first kappa shape index (κ1) is 25.8. The molecule has 166 valence electrons. The molecule has 0 aliphatic carbocycles. The summed E-state index contributed by atoms with van der Waals surface area (Å²) in [6.45, 7) is 21.7. The molecule has 4 atom stereocenters. The summed E-state index contributed by atoms with van der Waals surface area (Å²) in [5.41, 5.74) is 0. The van der Waals surface area contributed by atoms with Gasteiger partial charge in [0.25, 0.3) is 0 Å². The summed E-state index contributed by atoms with van der Waals surface area (Å²) in [6.07, 6.45) is 5.54. The van der Waals surface area contributed by atoms with Crippen molar-refractivity contribution in [2.24, 2.45) is 0 Å². The third-order valence-corrected chi connectivity index (χ3v) is 10.4. The van der Waals surface area contributed by atoms with Crippen molar-refractivity contribution in [1.29, 1.82) is 0 Å². The van der Waals surface area contributed by atoms with Crippen LogP contribution in [0.15, 0.2) is 12.7 Å². The predicted molar refractivity (Wildman–Crippen MR) is 117 cm³/mol. The smallest absolute Gasteiger partial charge is 0.192 e. The van der Waals surface area contributed by atoms with Crippen LogP contribution in [0, 0.1) is 0 Å². The first-order chi connectivity index (χ1) is 12.8. The van der Waals surface area contributed by atoms with Crippen LogP contribution in [0.3, 0.4) is 0 Å². The molecule has 6 heteroatoms. The van der Waals surface area contributed by atoms with Crippen LogP contribution in [0.4, 0.5) is 0 Å². The van der Waals surface area contributed by atoms with E-state index in [0.717, 1.165) is 19.3 Å². The van der Waals surface area contributed by atoms with E-state index in [4.69, 9.17) is 23.4 Å². The van der Waals surface area contributed by atoms with E-state index in [1.807, 2.05) is 19.9 Å². The monoisotopic (exact) mass is 416 g/mol. The quantitative estimate of drug-likeness (QED) is 0.234. The van der Waals surface area contributed by atoms with Crippen molar-refractivity contribution >= 4 is 8.32 Å². The Hall–Kier alpha value is -0.243. The Morgan fingerprint density at radius 3 is 2.39 bits per heavy atom. The summed E-state index contributed by atoms with van der Waals surface area (Å²) in [5, 5.41) is 0.232. The zero-order valence-corrected chi connectivity index (χ0v) is 20.7. The van der Waals surface area contributed by atoms with Crippen LogP contribution in [-0.2, 0) is 23.4 Å². The summed E-state index contributed by atoms with van der Waals surface area (Å²) < 4.78 is 29.8. The van der Waals surface area contributed by atoms with E-state index >= 15 is 0 Å². The Bertz CT molecular complexity index is 472. The molecular weight excluding hydrogens is 372 g/mol. The lowest BCUT2D eigenvalue weighted by molar-refractivity contribution is -0.169. The number of hydrogen-bond donors (Lipinski definition) is 0. The van der Waals surface area contributed by atoms with Gasteiger partial charge in [0.05, 0.1) is 12.2 Å². The second-order valence-electron chi connectivity index (χ2n) is 9.89. The van der Waals surface area contributed by atoms with Gasteiger partial charge in [-0.15, -0.1) is 6.58 Å². The molecule has 0 radical (unpaired) electrons. The average molecular weight is 417 g/mol. The van der Waals surface area contributed by atoms with Crippen molar-refractivity contribution < 1.29 is 23.4 Å². The third kappa shape index (κ3) is 7.88. The topological polar surface area (TPSA) is 46.2 Å². The Labute approximate surface area is 174 Å². The molecule has 1 aliphatic heterocycles. The summed E-state index contributed by atoms with van der Waals surface area (Å²) in [7, 11) is -0.103. The van der Waals surface area contributed by atoms with Crippen molar-refractivity contribution in [3.8, 4) is 0 Å². The molecule has 0 bridgehead atoms. The fraction of sp³-hybridized carbons (Fsp3) is 0.909. The van der Waals surface area contributed by atoms with E-state index in [1.165, 1.54) is 0 Å². The summed E-state index contributed by atoms with van der Waals surface area (Å²) in [5.74, 6) is -0.603. The minimum atomic E-state index is -1.73. The van der Waals surface area contributed by atoms with Gasteiger partial charge in [-0.1, -0.05) is 26.8 Å². The molecular formula is C22H44O5Si. The van der Waals surface area contributed by atoms with Gasteiger partial charge in [0.2, 0.25) is 0 Å². The van der Waals surface area contributed by atoms with Gasteiger partial charge in [-0.05, 0) is 64.6 Å². The maximum absolute atomic E-state index is 6.49. The van der Waals surface area contributed by atoms with Gasteiger partial charge >= 0.3 is 0 Å². The molecule has 0 aromatic heterocycles. The molecule has 0 spiro atoms. The molecule has 0 amide bonds. The molecule has 0 saturated carbocycles. The van der Waals surface area contributed by atoms with E-state index in [0.29, 0.717) is 6.42 Å². The molecule has 1 heterocycles. The van der Waals surface area contributed by atoms with Crippen LogP contribution in [0.1, 0.15) is 67.2 Å². The standard InChI is InChI=1S/C22H44O5Si/c1-11-13-18(24-16-23-8)20-19(25-22(6,7)26-20)15-12-14-17(2)27-28(9,10)21(3,4)5/h11,17-20H,1,12-16H2,2-10H3/t17-,18-,19+,20-/m0/s1. The van der Waals surface area contributed by atoms with E-state index in [2.05, 4.69) is 47.4 Å². The SMILES string of the molecule is C=CC[C@H](OCOC)[C@@H]1OC(C)(C)O[C@@H]1CCC[C@H](C)O[Si](C)(C)C(C)(C)C. The van der Waals surface area contributed by atoms with Crippen LogP contribution in [-0.4, -0.2) is 52.4 Å². The minimum Gasteiger partial charge on any atom is -0.414 e. The molecule has 0 N–H and O–H groups in total. The highest BCUT2D eigenvalue weighted by molar-refractivity contribution is 6.74. The lowest BCUT2D eigenvalue weighted by Gasteiger charge is -2.38. The van der Waals surface area contributed by atoms with E-state index in [-0.39, 0.29) is 36.2 Å². The van der Waals surface area contributed by atoms with E-state index < -0.39 is 14.1 Å². The van der Waals surface area contributed by atoms with Crippen LogP contribution >= 0.6 is 0 Å². The summed E-state index contributed by atoms with van der Waals surface area (Å²) >= 11 is 0. The van der Waals surface area contributed by atoms with Gasteiger partial charge in [0.1, 0.15) is 12.9 Å². The van der Waals surface area contributed by atoms with Crippen LogP contribution in [0.5, 0.6) is 0 Å². The maximum atomic E-state index is 6.49. The molecule has 1 rings (SSSR count). The van der Waals surface area contributed by atoms with Crippen LogP contribution < -0.4 is 0 Å². The van der Waals surface area contributed by atoms with Gasteiger partial charge < -0.3 is 23.4 Å². The predicted octanol–water partition coefficient (Wildman–Crippen LogP) is 5.65. The lowest BCUT2D eigenvalue weighted by atomic mass is 9.99. The largest absolute Gasteiger partial charge is 0.414 e. The summed E-state index contributed by atoms with van der Waals surface area (Å²) in [4.78, 5) is 0. The Morgan fingerprint density at radius 1 is 1.21 bits per heavy atom. The molecule has 1 saturated heterocycles. The van der Waals surface area contributed by atoms with Gasteiger partial charge in [-0.2, -0.15) is 0 Å². The highest BCUT2D eigenvalue weighted by Gasteiger charge is 2.45. The number of ether oxygens (including phenoxy) is 4. The second-order valence-corrected chi connectivity index (χ2v) is 14.7. The van der Waals surface area contributed by atoms with Crippen LogP contribution in [0.2, 0.25) is 18.1 Å².